The molecule has 3 aliphatic heterocycles. The van der Waals surface area contributed by atoms with Gasteiger partial charge in [0.15, 0.2) is 0 Å². The summed E-state index contributed by atoms with van der Waals surface area (Å²) in [6.07, 6.45) is 5.58. The van der Waals surface area contributed by atoms with E-state index in [0.717, 1.165) is 50.4 Å². The maximum Gasteiger partial charge on any atom is 0.312 e. The van der Waals surface area contributed by atoms with E-state index in [2.05, 4.69) is 15.1 Å². The third-order valence-electron chi connectivity index (χ3n) is 6.84. The average Bonchev–Trinajstić information content (AvgIpc) is 3.44. The van der Waals surface area contributed by atoms with Crippen molar-refractivity contribution in [3.63, 3.8) is 0 Å². The zero-order valence-corrected chi connectivity index (χ0v) is 17.6. The van der Waals surface area contributed by atoms with Crippen LogP contribution in [0.25, 0.3) is 11.1 Å². The van der Waals surface area contributed by atoms with E-state index in [1.54, 1.807) is 6.20 Å². The van der Waals surface area contributed by atoms with E-state index in [0.29, 0.717) is 31.5 Å². The van der Waals surface area contributed by atoms with Crippen molar-refractivity contribution in [2.24, 2.45) is 5.41 Å². The molecule has 8 nitrogen and oxygen atoms in total. The molecule has 3 aliphatic rings. The molecule has 1 atom stereocenters. The molecule has 1 spiro atoms. The van der Waals surface area contributed by atoms with Crippen molar-refractivity contribution in [1.29, 1.82) is 0 Å². The van der Waals surface area contributed by atoms with Crippen molar-refractivity contribution in [3.8, 4) is 11.1 Å². The standard InChI is InChI=1S/C23H28N4O4/c28-21(18-3-1-2-17(12-18)19-14-24-25-15-19)27-6-4-23(5-7-27)13-20(31-22(23)29)16-26-8-10-30-11-9-26/h1-3,12,14-15,20H,4-11,13,16H2,(H,24,25). The Morgan fingerprint density at radius 3 is 2.71 bits per heavy atom. The number of morpholine rings is 1. The van der Waals surface area contributed by atoms with Gasteiger partial charge in [0.1, 0.15) is 6.10 Å². The zero-order valence-electron chi connectivity index (χ0n) is 17.6. The van der Waals surface area contributed by atoms with Gasteiger partial charge < -0.3 is 14.4 Å². The number of benzene rings is 1. The summed E-state index contributed by atoms with van der Waals surface area (Å²) in [6, 6.07) is 7.61. The molecule has 164 valence electrons. The molecule has 1 aromatic carbocycles. The van der Waals surface area contributed by atoms with Gasteiger partial charge in [-0.25, -0.2) is 0 Å². The molecule has 0 aliphatic carbocycles. The van der Waals surface area contributed by atoms with E-state index >= 15 is 0 Å². The molecule has 8 heteroatoms. The molecular formula is C23H28N4O4. The smallest absolute Gasteiger partial charge is 0.312 e. The lowest BCUT2D eigenvalue weighted by Gasteiger charge is -2.36. The van der Waals surface area contributed by atoms with E-state index in [1.807, 2.05) is 35.4 Å². The minimum atomic E-state index is -0.438. The normalized spacial score (nSPS) is 23.8. The van der Waals surface area contributed by atoms with Crippen LogP contribution in [0.3, 0.4) is 0 Å². The minimum absolute atomic E-state index is 0.0106. The van der Waals surface area contributed by atoms with Crippen molar-refractivity contribution < 1.29 is 19.1 Å². The van der Waals surface area contributed by atoms with E-state index in [1.165, 1.54) is 0 Å². The third kappa shape index (κ3) is 4.09. The van der Waals surface area contributed by atoms with E-state index in [-0.39, 0.29) is 18.0 Å². The van der Waals surface area contributed by atoms with Crippen LogP contribution in [-0.4, -0.2) is 83.9 Å². The molecule has 3 fully saturated rings. The summed E-state index contributed by atoms with van der Waals surface area (Å²) in [4.78, 5) is 30.0. The number of likely N-dealkylation sites (tertiary alicyclic amines) is 1. The van der Waals surface area contributed by atoms with E-state index in [4.69, 9.17) is 9.47 Å². The fraction of sp³-hybridized carbons (Fsp3) is 0.522. The number of aromatic nitrogens is 2. The number of cyclic esters (lactones) is 1. The lowest BCUT2D eigenvalue weighted by atomic mass is 9.76. The Morgan fingerprint density at radius 2 is 1.97 bits per heavy atom. The largest absolute Gasteiger partial charge is 0.461 e. The van der Waals surface area contributed by atoms with Gasteiger partial charge in [0.25, 0.3) is 5.91 Å². The number of carbonyl (C=O) groups excluding carboxylic acids is 2. The maximum atomic E-state index is 13.1. The Labute approximate surface area is 181 Å². The van der Waals surface area contributed by atoms with Gasteiger partial charge in [-0.05, 0) is 30.5 Å². The number of piperidine rings is 1. The van der Waals surface area contributed by atoms with Crippen LogP contribution < -0.4 is 0 Å². The highest BCUT2D eigenvalue weighted by atomic mass is 16.6. The van der Waals surface area contributed by atoms with Gasteiger partial charge in [0, 0.05) is 56.5 Å². The van der Waals surface area contributed by atoms with Gasteiger partial charge >= 0.3 is 5.97 Å². The van der Waals surface area contributed by atoms with Crippen LogP contribution in [0.2, 0.25) is 0 Å². The molecule has 31 heavy (non-hydrogen) atoms. The Kier molecular flexibility index (Phi) is 5.50. The SMILES string of the molecule is O=C(c1cccc(-c2cn[nH]c2)c1)N1CCC2(CC1)CC(CN1CCOCC1)OC2=O. The van der Waals surface area contributed by atoms with Crippen LogP contribution in [0.4, 0.5) is 0 Å². The molecular weight excluding hydrogens is 396 g/mol. The molecule has 4 heterocycles. The summed E-state index contributed by atoms with van der Waals surface area (Å²) in [6.45, 7) is 5.19. The molecule has 0 radical (unpaired) electrons. The fourth-order valence-electron chi connectivity index (χ4n) is 4.98. The van der Waals surface area contributed by atoms with Crippen molar-refractivity contribution in [2.45, 2.75) is 25.4 Å². The van der Waals surface area contributed by atoms with E-state index in [9.17, 15) is 9.59 Å². The summed E-state index contributed by atoms with van der Waals surface area (Å²) in [5, 5.41) is 6.78. The Hall–Kier alpha value is -2.71. The highest BCUT2D eigenvalue weighted by Gasteiger charge is 2.51. The lowest BCUT2D eigenvalue weighted by molar-refractivity contribution is -0.151. The Balaban J connectivity index is 1.20. The number of hydrogen-bond donors (Lipinski definition) is 1. The lowest BCUT2D eigenvalue weighted by Crippen LogP contribution is -2.45. The van der Waals surface area contributed by atoms with Gasteiger partial charge in [-0.15, -0.1) is 0 Å². The number of nitrogens with zero attached hydrogens (tertiary/aromatic N) is 3. The van der Waals surface area contributed by atoms with Crippen LogP contribution >= 0.6 is 0 Å². The molecule has 0 bridgehead atoms. The summed E-state index contributed by atoms with van der Waals surface area (Å²) < 4.78 is 11.2. The number of rotatable bonds is 4. The number of nitrogens with one attached hydrogen (secondary N) is 1. The molecule has 2 aromatic rings. The zero-order chi connectivity index (χ0) is 21.3. The topological polar surface area (TPSA) is 87.8 Å². The predicted octanol–water partition coefficient (Wildman–Crippen LogP) is 1.95. The van der Waals surface area contributed by atoms with Crippen LogP contribution in [-0.2, 0) is 14.3 Å². The van der Waals surface area contributed by atoms with Crippen LogP contribution in [0.1, 0.15) is 29.6 Å². The van der Waals surface area contributed by atoms with Crippen molar-refractivity contribution >= 4 is 11.9 Å². The fourth-order valence-corrected chi connectivity index (χ4v) is 4.98. The molecule has 1 aromatic heterocycles. The molecule has 1 N–H and O–H groups in total. The van der Waals surface area contributed by atoms with Crippen molar-refractivity contribution in [3.05, 3.63) is 42.2 Å². The quantitative estimate of drug-likeness (QED) is 0.755. The molecule has 1 amide bonds. The van der Waals surface area contributed by atoms with Crippen molar-refractivity contribution in [2.75, 3.05) is 45.9 Å². The third-order valence-corrected chi connectivity index (χ3v) is 6.84. The number of aromatic amines is 1. The predicted molar refractivity (Wildman–Crippen MR) is 113 cm³/mol. The first kappa shape index (κ1) is 20.2. The first-order chi connectivity index (χ1) is 15.1. The molecule has 5 rings (SSSR count). The molecule has 1 unspecified atom stereocenters. The Bertz CT molecular complexity index is 931. The van der Waals surface area contributed by atoms with E-state index < -0.39 is 5.41 Å². The second-order valence-electron chi connectivity index (χ2n) is 8.78. The van der Waals surface area contributed by atoms with Crippen LogP contribution in [0.5, 0.6) is 0 Å². The summed E-state index contributed by atoms with van der Waals surface area (Å²) in [5.41, 5.74) is 2.13. The monoisotopic (exact) mass is 424 g/mol. The molecule has 0 saturated carbocycles. The first-order valence-electron chi connectivity index (χ1n) is 11.0. The maximum absolute atomic E-state index is 13.1. The average molecular weight is 425 g/mol. The van der Waals surface area contributed by atoms with Gasteiger partial charge in [-0.2, -0.15) is 5.10 Å². The number of amides is 1. The summed E-state index contributed by atoms with van der Waals surface area (Å²) in [5.74, 6) is -0.0729. The number of esters is 1. The minimum Gasteiger partial charge on any atom is -0.461 e. The second-order valence-corrected chi connectivity index (χ2v) is 8.78. The van der Waals surface area contributed by atoms with Gasteiger partial charge in [0.05, 0.1) is 24.8 Å². The van der Waals surface area contributed by atoms with Crippen LogP contribution in [0, 0.1) is 5.41 Å². The van der Waals surface area contributed by atoms with Gasteiger partial charge in [-0.1, -0.05) is 12.1 Å². The van der Waals surface area contributed by atoms with Crippen LogP contribution in [0.15, 0.2) is 36.7 Å². The van der Waals surface area contributed by atoms with Gasteiger partial charge in [-0.3, -0.25) is 19.6 Å². The summed E-state index contributed by atoms with van der Waals surface area (Å²) >= 11 is 0. The summed E-state index contributed by atoms with van der Waals surface area (Å²) in [7, 11) is 0. The number of carbonyl (C=O) groups is 2. The number of hydrogen-bond acceptors (Lipinski definition) is 6. The Morgan fingerprint density at radius 1 is 1.16 bits per heavy atom. The molecule has 3 saturated heterocycles. The number of H-pyrrole nitrogens is 1. The van der Waals surface area contributed by atoms with Crippen molar-refractivity contribution in [1.82, 2.24) is 20.0 Å². The van der Waals surface area contributed by atoms with Gasteiger partial charge in [0.2, 0.25) is 0 Å². The first-order valence-corrected chi connectivity index (χ1v) is 11.0. The highest BCUT2D eigenvalue weighted by molar-refractivity contribution is 5.95. The second kappa shape index (κ2) is 8.43. The highest BCUT2D eigenvalue weighted by Crippen LogP contribution is 2.43. The number of ether oxygens (including phenoxy) is 2.